The first kappa shape index (κ1) is 13.6. The Balaban J connectivity index is 2.31. The summed E-state index contributed by atoms with van der Waals surface area (Å²) in [4.78, 5) is 0. The second kappa shape index (κ2) is 5.87. The van der Waals surface area contributed by atoms with Gasteiger partial charge in [0.1, 0.15) is 6.10 Å². The zero-order valence-corrected chi connectivity index (χ0v) is 12.4. The van der Waals surface area contributed by atoms with E-state index in [1.54, 1.807) is 6.07 Å². The van der Waals surface area contributed by atoms with Crippen molar-refractivity contribution >= 4 is 27.5 Å². The molecule has 94 valence electrons. The number of hydrogen-bond donors (Lipinski definition) is 1. The molecule has 0 aromatic heterocycles. The van der Waals surface area contributed by atoms with Gasteiger partial charge < -0.3 is 5.11 Å². The van der Waals surface area contributed by atoms with Crippen molar-refractivity contribution in [1.82, 2.24) is 0 Å². The van der Waals surface area contributed by atoms with E-state index in [-0.39, 0.29) is 0 Å². The van der Waals surface area contributed by atoms with Crippen LogP contribution in [0.25, 0.3) is 0 Å². The maximum absolute atomic E-state index is 10.3. The zero-order chi connectivity index (χ0) is 13.1. The maximum atomic E-state index is 10.3. The van der Waals surface area contributed by atoms with E-state index in [9.17, 15) is 5.11 Å². The van der Waals surface area contributed by atoms with Crippen molar-refractivity contribution in [1.29, 1.82) is 0 Å². The first-order chi connectivity index (χ1) is 8.61. The Morgan fingerprint density at radius 3 is 2.39 bits per heavy atom. The fraction of sp³-hybridized carbons (Fsp3) is 0.200. The lowest BCUT2D eigenvalue weighted by molar-refractivity contribution is 0.220. The van der Waals surface area contributed by atoms with Crippen LogP contribution in [0.2, 0.25) is 5.02 Å². The summed E-state index contributed by atoms with van der Waals surface area (Å²) in [5.74, 6) is 0. The van der Waals surface area contributed by atoms with Crippen LogP contribution in [0.4, 0.5) is 0 Å². The van der Waals surface area contributed by atoms with E-state index in [0.717, 1.165) is 22.0 Å². The molecule has 0 spiro atoms. The second-order valence-corrected chi connectivity index (χ2v) is 5.49. The van der Waals surface area contributed by atoms with Crippen molar-refractivity contribution in [3.05, 3.63) is 68.7 Å². The number of rotatable bonds is 3. The molecule has 0 aliphatic heterocycles. The Morgan fingerprint density at radius 1 is 1.17 bits per heavy atom. The smallest absolute Gasteiger partial charge is 0.105 e. The van der Waals surface area contributed by atoms with Gasteiger partial charge in [0.15, 0.2) is 0 Å². The molecule has 0 heterocycles. The van der Waals surface area contributed by atoms with Crippen LogP contribution in [-0.4, -0.2) is 5.11 Å². The molecule has 1 unspecified atom stereocenters. The molecule has 2 rings (SSSR count). The Kier molecular flexibility index (Phi) is 4.44. The fourth-order valence-corrected chi connectivity index (χ4v) is 2.62. The van der Waals surface area contributed by atoms with Crippen LogP contribution in [0.15, 0.2) is 46.9 Å². The Morgan fingerprint density at radius 2 is 1.83 bits per heavy atom. The van der Waals surface area contributed by atoms with Crippen molar-refractivity contribution in [3.63, 3.8) is 0 Å². The average molecular weight is 326 g/mol. The molecule has 0 aliphatic rings. The molecule has 0 saturated heterocycles. The van der Waals surface area contributed by atoms with Crippen LogP contribution in [0, 0.1) is 0 Å². The third-order valence-electron chi connectivity index (χ3n) is 2.96. The van der Waals surface area contributed by atoms with Gasteiger partial charge in [-0.2, -0.15) is 0 Å². The predicted molar refractivity (Wildman–Crippen MR) is 79.0 cm³/mol. The molecule has 1 nitrogen and oxygen atoms in total. The minimum absolute atomic E-state index is 0.566. The standard InChI is InChI=1S/C15H14BrClO/c1-2-10-3-5-11(6-4-10)15(18)13-8-7-12(16)9-14(13)17/h3-9,15,18H,2H2,1H3. The number of hydrogen-bond acceptors (Lipinski definition) is 1. The summed E-state index contributed by atoms with van der Waals surface area (Å²) in [6, 6.07) is 13.5. The SMILES string of the molecule is CCc1ccc(C(O)c2ccc(Br)cc2Cl)cc1. The monoisotopic (exact) mass is 324 g/mol. The van der Waals surface area contributed by atoms with Crippen LogP contribution in [0.1, 0.15) is 29.7 Å². The van der Waals surface area contributed by atoms with Gasteiger partial charge in [-0.1, -0.05) is 64.8 Å². The molecule has 0 bridgehead atoms. The van der Waals surface area contributed by atoms with E-state index >= 15 is 0 Å². The number of benzene rings is 2. The van der Waals surface area contributed by atoms with Gasteiger partial charge in [0.25, 0.3) is 0 Å². The first-order valence-corrected chi connectivity index (χ1v) is 7.00. The number of halogens is 2. The van der Waals surface area contributed by atoms with Crippen LogP contribution >= 0.6 is 27.5 Å². The van der Waals surface area contributed by atoms with Gasteiger partial charge in [-0.15, -0.1) is 0 Å². The normalized spacial score (nSPS) is 12.4. The number of aryl methyl sites for hydroxylation is 1. The van der Waals surface area contributed by atoms with E-state index in [1.807, 2.05) is 36.4 Å². The summed E-state index contributed by atoms with van der Waals surface area (Å²) >= 11 is 9.50. The van der Waals surface area contributed by atoms with Gasteiger partial charge in [-0.3, -0.25) is 0 Å². The van der Waals surface area contributed by atoms with E-state index in [1.165, 1.54) is 5.56 Å². The quantitative estimate of drug-likeness (QED) is 0.863. The lowest BCUT2D eigenvalue weighted by atomic mass is 10.00. The Hall–Kier alpha value is -0.830. The molecular formula is C15H14BrClO. The lowest BCUT2D eigenvalue weighted by Crippen LogP contribution is -2.00. The molecular weight excluding hydrogens is 312 g/mol. The highest BCUT2D eigenvalue weighted by molar-refractivity contribution is 9.10. The molecule has 3 heteroatoms. The summed E-state index contributed by atoms with van der Waals surface area (Å²) in [6.07, 6.45) is 0.312. The van der Waals surface area contributed by atoms with Crippen molar-refractivity contribution in [3.8, 4) is 0 Å². The second-order valence-electron chi connectivity index (χ2n) is 4.16. The molecule has 0 fully saturated rings. The van der Waals surface area contributed by atoms with Crippen LogP contribution in [-0.2, 0) is 6.42 Å². The highest BCUT2D eigenvalue weighted by atomic mass is 79.9. The van der Waals surface area contributed by atoms with Crippen LogP contribution in [0.3, 0.4) is 0 Å². The third-order valence-corrected chi connectivity index (χ3v) is 3.78. The lowest BCUT2D eigenvalue weighted by Gasteiger charge is -2.14. The number of aliphatic hydroxyl groups is 1. The van der Waals surface area contributed by atoms with Crippen LogP contribution < -0.4 is 0 Å². The summed E-state index contributed by atoms with van der Waals surface area (Å²) in [5, 5.41) is 10.9. The van der Waals surface area contributed by atoms with Gasteiger partial charge in [0.05, 0.1) is 0 Å². The van der Waals surface area contributed by atoms with Crippen molar-refractivity contribution in [2.75, 3.05) is 0 Å². The highest BCUT2D eigenvalue weighted by Gasteiger charge is 2.13. The van der Waals surface area contributed by atoms with E-state index in [0.29, 0.717) is 5.02 Å². The Bertz CT molecular complexity index is 537. The summed E-state index contributed by atoms with van der Waals surface area (Å²) < 4.78 is 0.907. The summed E-state index contributed by atoms with van der Waals surface area (Å²) in [5.41, 5.74) is 2.84. The molecule has 0 amide bonds. The topological polar surface area (TPSA) is 20.2 Å². The molecule has 1 atom stereocenters. The van der Waals surface area contributed by atoms with Gasteiger partial charge in [0.2, 0.25) is 0 Å². The largest absolute Gasteiger partial charge is 0.384 e. The maximum Gasteiger partial charge on any atom is 0.105 e. The minimum atomic E-state index is -0.684. The van der Waals surface area contributed by atoms with Crippen molar-refractivity contribution < 1.29 is 5.11 Å². The molecule has 2 aromatic carbocycles. The first-order valence-electron chi connectivity index (χ1n) is 5.83. The van der Waals surface area contributed by atoms with Gasteiger partial charge in [-0.05, 0) is 29.7 Å². The number of aliphatic hydroxyl groups excluding tert-OH is 1. The summed E-state index contributed by atoms with van der Waals surface area (Å²) in [6.45, 7) is 2.11. The van der Waals surface area contributed by atoms with E-state index < -0.39 is 6.10 Å². The molecule has 18 heavy (non-hydrogen) atoms. The average Bonchev–Trinajstić information content (AvgIpc) is 2.38. The van der Waals surface area contributed by atoms with Crippen molar-refractivity contribution in [2.24, 2.45) is 0 Å². The molecule has 1 N–H and O–H groups in total. The third kappa shape index (κ3) is 2.94. The predicted octanol–water partition coefficient (Wildman–Crippen LogP) is 4.75. The molecule has 0 saturated carbocycles. The summed E-state index contributed by atoms with van der Waals surface area (Å²) in [7, 11) is 0. The Labute approximate surface area is 121 Å². The highest BCUT2D eigenvalue weighted by Crippen LogP contribution is 2.30. The molecule has 0 aliphatic carbocycles. The van der Waals surface area contributed by atoms with E-state index in [2.05, 4.69) is 22.9 Å². The molecule has 0 radical (unpaired) electrons. The minimum Gasteiger partial charge on any atom is -0.384 e. The van der Waals surface area contributed by atoms with Gasteiger partial charge >= 0.3 is 0 Å². The van der Waals surface area contributed by atoms with Gasteiger partial charge in [-0.25, -0.2) is 0 Å². The molecule has 2 aromatic rings. The van der Waals surface area contributed by atoms with Gasteiger partial charge in [0, 0.05) is 15.1 Å². The fourth-order valence-electron chi connectivity index (χ4n) is 1.84. The van der Waals surface area contributed by atoms with E-state index in [4.69, 9.17) is 11.6 Å². The van der Waals surface area contributed by atoms with Crippen LogP contribution in [0.5, 0.6) is 0 Å². The zero-order valence-electron chi connectivity index (χ0n) is 10.0. The van der Waals surface area contributed by atoms with Crippen molar-refractivity contribution in [2.45, 2.75) is 19.4 Å².